The monoisotopic (exact) mass is 494 g/mol. The van der Waals surface area contributed by atoms with Gasteiger partial charge in [0.2, 0.25) is 10.0 Å². The maximum atomic E-state index is 15.7. The van der Waals surface area contributed by atoms with Crippen LogP contribution in [0.4, 0.5) is 13.2 Å². The Labute approximate surface area is 196 Å². The molecule has 2 N–H and O–H groups in total. The first-order chi connectivity index (χ1) is 16.0. The van der Waals surface area contributed by atoms with Crippen molar-refractivity contribution in [1.82, 2.24) is 9.62 Å². The Morgan fingerprint density at radius 1 is 1.29 bits per heavy atom. The van der Waals surface area contributed by atoms with E-state index < -0.39 is 57.5 Å². The molecule has 6 nitrogen and oxygen atoms in total. The van der Waals surface area contributed by atoms with Crippen LogP contribution in [0.1, 0.15) is 25.3 Å². The van der Waals surface area contributed by atoms with Crippen molar-refractivity contribution in [1.29, 1.82) is 0 Å². The standard InChI is InChI=1S/C24H25F3N2O4S/c1-3-34(32,33)28-22-20(29(23(31)14(2)30)18-12-24(22,27)13-18)10-16-9-17(25)11-19(21(16)26)15-7-5-4-6-8-15/h3-9,11,14,18,20,22,28,30H,1,10,12-13H2,2H3/t14-,18?,20?,22?,24?/m1/s1. The fourth-order valence-corrected chi connectivity index (χ4v) is 5.80. The molecule has 3 atom stereocenters. The summed E-state index contributed by atoms with van der Waals surface area (Å²) in [5.74, 6) is -2.23. The number of hydrogen-bond acceptors (Lipinski definition) is 4. The summed E-state index contributed by atoms with van der Waals surface area (Å²) >= 11 is 0. The van der Waals surface area contributed by atoms with E-state index in [0.717, 1.165) is 12.1 Å². The molecule has 3 aliphatic rings. The van der Waals surface area contributed by atoms with Gasteiger partial charge in [0.1, 0.15) is 23.4 Å². The van der Waals surface area contributed by atoms with Crippen molar-refractivity contribution in [3.63, 3.8) is 0 Å². The molecule has 2 unspecified atom stereocenters. The average Bonchev–Trinajstić information content (AvgIpc) is 2.77. The molecule has 2 bridgehead atoms. The van der Waals surface area contributed by atoms with Crippen LogP contribution in [-0.2, 0) is 21.2 Å². The van der Waals surface area contributed by atoms with Crippen molar-refractivity contribution in [2.75, 3.05) is 0 Å². The largest absolute Gasteiger partial charge is 0.384 e. The second-order valence-electron chi connectivity index (χ2n) is 8.89. The van der Waals surface area contributed by atoms with Gasteiger partial charge >= 0.3 is 0 Å². The van der Waals surface area contributed by atoms with Crippen LogP contribution >= 0.6 is 0 Å². The minimum Gasteiger partial charge on any atom is -0.384 e. The van der Waals surface area contributed by atoms with E-state index in [4.69, 9.17) is 0 Å². The van der Waals surface area contributed by atoms with Gasteiger partial charge in [0.05, 0.1) is 12.1 Å². The zero-order valence-electron chi connectivity index (χ0n) is 18.4. The molecule has 5 rings (SSSR count). The second kappa shape index (κ2) is 8.83. The molecule has 3 fully saturated rings. The summed E-state index contributed by atoms with van der Waals surface area (Å²) in [5.41, 5.74) is -1.70. The van der Waals surface area contributed by atoms with Crippen LogP contribution in [-0.4, -0.2) is 54.2 Å². The summed E-state index contributed by atoms with van der Waals surface area (Å²) in [5, 5.41) is 10.6. The van der Waals surface area contributed by atoms with E-state index in [1.807, 2.05) is 0 Å². The van der Waals surface area contributed by atoms with Crippen molar-refractivity contribution in [3.8, 4) is 11.1 Å². The van der Waals surface area contributed by atoms with Gasteiger partial charge in [-0.05, 0) is 36.6 Å². The predicted molar refractivity (Wildman–Crippen MR) is 121 cm³/mol. The number of rotatable bonds is 7. The first kappa shape index (κ1) is 24.4. The van der Waals surface area contributed by atoms with E-state index in [9.17, 15) is 22.7 Å². The molecule has 1 amide bonds. The topological polar surface area (TPSA) is 86.7 Å². The van der Waals surface area contributed by atoms with Gasteiger partial charge in [-0.25, -0.2) is 26.3 Å². The number of nitrogens with one attached hydrogen (secondary N) is 1. The maximum absolute atomic E-state index is 15.7. The van der Waals surface area contributed by atoms with Gasteiger partial charge in [0.15, 0.2) is 0 Å². The predicted octanol–water partition coefficient (Wildman–Crippen LogP) is 3.07. The van der Waals surface area contributed by atoms with E-state index in [-0.39, 0.29) is 30.4 Å². The third-order valence-corrected chi connectivity index (χ3v) is 7.61. The zero-order valence-corrected chi connectivity index (χ0v) is 19.2. The Morgan fingerprint density at radius 2 is 1.94 bits per heavy atom. The number of carbonyl (C=O) groups excluding carboxylic acids is 1. The molecule has 0 spiro atoms. The summed E-state index contributed by atoms with van der Waals surface area (Å²) in [7, 11) is -4.12. The van der Waals surface area contributed by atoms with Crippen LogP contribution in [0.2, 0.25) is 0 Å². The first-order valence-electron chi connectivity index (χ1n) is 10.8. The molecule has 0 radical (unpaired) electrons. The van der Waals surface area contributed by atoms with Crippen LogP contribution in [0.5, 0.6) is 0 Å². The number of piperidine rings is 2. The molecule has 2 aliphatic heterocycles. The summed E-state index contributed by atoms with van der Waals surface area (Å²) in [6, 6.07) is 7.06. The lowest BCUT2D eigenvalue weighted by molar-refractivity contribution is -0.174. The summed E-state index contributed by atoms with van der Waals surface area (Å²) in [4.78, 5) is 14.1. The fraction of sp³-hybridized carbons (Fsp3) is 0.375. The normalized spacial score (nSPS) is 27.1. The van der Waals surface area contributed by atoms with Gasteiger partial charge in [0, 0.05) is 29.9 Å². The molecule has 2 saturated heterocycles. The highest BCUT2D eigenvalue weighted by molar-refractivity contribution is 7.92. The first-order valence-corrected chi connectivity index (χ1v) is 12.4. The Balaban J connectivity index is 1.80. The highest BCUT2D eigenvalue weighted by Gasteiger charge is 2.63. The number of aliphatic hydroxyl groups excluding tert-OH is 1. The SMILES string of the molecule is C=CS(=O)(=O)NC1C(Cc2cc(F)cc(-c3ccccc3)c2F)N(C(=O)[C@@H](C)O)C2CC1(F)C2. The average molecular weight is 495 g/mol. The minimum atomic E-state index is -4.12. The van der Waals surface area contributed by atoms with E-state index in [0.29, 0.717) is 11.0 Å². The van der Waals surface area contributed by atoms with Crippen molar-refractivity contribution in [2.45, 2.75) is 56.1 Å². The number of halogens is 3. The number of fused-ring (bicyclic) bond motifs is 2. The van der Waals surface area contributed by atoms with E-state index in [1.54, 1.807) is 30.3 Å². The quantitative estimate of drug-likeness (QED) is 0.620. The molecule has 34 heavy (non-hydrogen) atoms. The van der Waals surface area contributed by atoms with Gasteiger partial charge < -0.3 is 10.0 Å². The number of carbonyl (C=O) groups is 1. The smallest absolute Gasteiger partial charge is 0.251 e. The van der Waals surface area contributed by atoms with Gasteiger partial charge in [-0.15, -0.1) is 0 Å². The van der Waals surface area contributed by atoms with Crippen LogP contribution in [0.3, 0.4) is 0 Å². The lowest BCUT2D eigenvalue weighted by Gasteiger charge is -2.61. The van der Waals surface area contributed by atoms with Crippen LogP contribution in [0, 0.1) is 11.6 Å². The molecule has 10 heteroatoms. The number of benzene rings is 2. The van der Waals surface area contributed by atoms with Crippen molar-refractivity contribution < 1.29 is 31.5 Å². The van der Waals surface area contributed by atoms with Crippen molar-refractivity contribution >= 4 is 15.9 Å². The number of alkyl halides is 1. The Bertz CT molecular complexity index is 1210. The van der Waals surface area contributed by atoms with Gasteiger partial charge in [-0.3, -0.25) is 4.79 Å². The number of nitrogens with zero attached hydrogens (tertiary/aromatic N) is 1. The van der Waals surface area contributed by atoms with Gasteiger partial charge in [-0.2, -0.15) is 0 Å². The Morgan fingerprint density at radius 3 is 2.53 bits per heavy atom. The third-order valence-electron chi connectivity index (χ3n) is 6.59. The lowest BCUT2D eigenvalue weighted by atomic mass is 9.64. The van der Waals surface area contributed by atoms with Gasteiger partial charge in [0.25, 0.3) is 5.91 Å². The fourth-order valence-electron chi connectivity index (χ4n) is 4.98. The lowest BCUT2D eigenvalue weighted by Crippen LogP contribution is -2.77. The highest BCUT2D eigenvalue weighted by atomic mass is 32.2. The maximum Gasteiger partial charge on any atom is 0.251 e. The van der Waals surface area contributed by atoms with Crippen LogP contribution in [0.25, 0.3) is 11.1 Å². The van der Waals surface area contributed by atoms with Gasteiger partial charge in [-0.1, -0.05) is 36.9 Å². The Hall–Kier alpha value is -2.69. The molecule has 1 saturated carbocycles. The van der Waals surface area contributed by atoms with Crippen molar-refractivity contribution in [2.24, 2.45) is 0 Å². The molecule has 2 aromatic carbocycles. The number of sulfonamides is 1. The third kappa shape index (κ3) is 4.37. The molecule has 1 aliphatic carbocycles. The molecule has 0 aromatic heterocycles. The van der Waals surface area contributed by atoms with E-state index in [2.05, 4.69) is 11.3 Å². The summed E-state index contributed by atoms with van der Waals surface area (Å²) in [6.45, 7) is 4.46. The Kier molecular flexibility index (Phi) is 6.34. The van der Waals surface area contributed by atoms with E-state index in [1.165, 1.54) is 11.8 Å². The van der Waals surface area contributed by atoms with Crippen molar-refractivity contribution in [3.05, 3.63) is 71.6 Å². The van der Waals surface area contributed by atoms with Crippen LogP contribution < -0.4 is 4.72 Å². The number of hydrogen-bond donors (Lipinski definition) is 2. The molecule has 2 heterocycles. The second-order valence-corrected chi connectivity index (χ2v) is 10.5. The van der Waals surface area contributed by atoms with Crippen LogP contribution in [0.15, 0.2) is 54.5 Å². The van der Waals surface area contributed by atoms with E-state index >= 15 is 8.78 Å². The molecular formula is C24H25F3N2O4S. The zero-order chi connectivity index (χ0) is 24.8. The molecular weight excluding hydrogens is 469 g/mol. The number of aliphatic hydroxyl groups is 1. The molecule has 2 aromatic rings. The summed E-state index contributed by atoms with van der Waals surface area (Å²) < 4.78 is 72.5. The minimum absolute atomic E-state index is 0.0110. The highest BCUT2D eigenvalue weighted by Crippen LogP contribution is 2.50. The summed E-state index contributed by atoms with van der Waals surface area (Å²) in [6.07, 6.45) is -2.07. The number of amides is 1. The molecule has 182 valence electrons.